The molecule has 2 N–H and O–H groups in total. The molecule has 0 aliphatic heterocycles. The highest BCUT2D eigenvalue weighted by atomic mass is 16.5. The largest absolute Gasteiger partial charge is 0.452 e. The van der Waals surface area contributed by atoms with E-state index in [1.807, 2.05) is 49.4 Å². The zero-order valence-electron chi connectivity index (χ0n) is 16.7. The van der Waals surface area contributed by atoms with Gasteiger partial charge in [0.1, 0.15) is 0 Å². The molecule has 0 aliphatic carbocycles. The molecule has 3 rings (SSSR count). The number of aryl methyl sites for hydroxylation is 1. The van der Waals surface area contributed by atoms with E-state index in [1.165, 1.54) is 0 Å². The quantitative estimate of drug-likeness (QED) is 0.610. The first-order valence-electron chi connectivity index (χ1n) is 9.51. The number of rotatable bonds is 6. The zero-order chi connectivity index (χ0) is 20.3. The molecule has 1 unspecified atom stereocenters. The lowest BCUT2D eigenvalue weighted by molar-refractivity contribution is -0.152. The van der Waals surface area contributed by atoms with Crippen molar-refractivity contribution in [3.63, 3.8) is 0 Å². The molecule has 1 heterocycles. The van der Waals surface area contributed by atoms with Crippen molar-refractivity contribution < 1.29 is 14.3 Å². The van der Waals surface area contributed by atoms with Gasteiger partial charge in [-0.2, -0.15) is 0 Å². The lowest BCUT2D eigenvalue weighted by Crippen LogP contribution is -2.31. The smallest absolute Gasteiger partial charge is 0.311 e. The molecule has 1 amide bonds. The molecular weight excluding hydrogens is 352 g/mol. The number of benzene rings is 2. The third-order valence-corrected chi connectivity index (χ3v) is 4.86. The maximum atomic E-state index is 12.6. The van der Waals surface area contributed by atoms with Gasteiger partial charge in [-0.3, -0.25) is 9.59 Å². The number of nitrogens with one attached hydrogen (secondary N) is 2. The monoisotopic (exact) mass is 378 g/mol. The number of fused-ring (bicyclic) bond motifs is 1. The molecule has 2 aromatic carbocycles. The summed E-state index contributed by atoms with van der Waals surface area (Å²) in [4.78, 5) is 28.1. The lowest BCUT2D eigenvalue weighted by Gasteiger charge is -2.19. The molecule has 0 aliphatic rings. The van der Waals surface area contributed by atoms with Gasteiger partial charge >= 0.3 is 5.97 Å². The molecule has 0 saturated carbocycles. The summed E-state index contributed by atoms with van der Waals surface area (Å²) in [5.41, 5.74) is 4.66. The molecule has 5 nitrogen and oxygen atoms in total. The van der Waals surface area contributed by atoms with Gasteiger partial charge in [0.15, 0.2) is 6.10 Å². The van der Waals surface area contributed by atoms with Crippen molar-refractivity contribution in [3.05, 3.63) is 65.4 Å². The van der Waals surface area contributed by atoms with Crippen LogP contribution in [0.4, 0.5) is 5.69 Å². The Bertz CT molecular complexity index is 1000. The van der Waals surface area contributed by atoms with Crippen molar-refractivity contribution in [2.45, 2.75) is 46.1 Å². The number of amides is 1. The average molecular weight is 378 g/mol. The Balaban J connectivity index is 1.65. The van der Waals surface area contributed by atoms with Gasteiger partial charge in [-0.15, -0.1) is 0 Å². The Hall–Kier alpha value is -3.08. The highest BCUT2D eigenvalue weighted by molar-refractivity contribution is 5.97. The van der Waals surface area contributed by atoms with Crippen LogP contribution in [0.1, 0.15) is 43.4 Å². The molecule has 0 radical (unpaired) electrons. The van der Waals surface area contributed by atoms with Crippen molar-refractivity contribution in [1.82, 2.24) is 4.98 Å². The number of anilines is 1. The van der Waals surface area contributed by atoms with Crippen LogP contribution >= 0.6 is 0 Å². The normalized spacial score (nSPS) is 12.2. The van der Waals surface area contributed by atoms with Gasteiger partial charge < -0.3 is 15.0 Å². The van der Waals surface area contributed by atoms with E-state index in [0.717, 1.165) is 33.3 Å². The summed E-state index contributed by atoms with van der Waals surface area (Å²) in [6, 6.07) is 13.7. The Morgan fingerprint density at radius 3 is 2.57 bits per heavy atom. The lowest BCUT2D eigenvalue weighted by atomic mass is 9.98. The summed E-state index contributed by atoms with van der Waals surface area (Å²) >= 11 is 0. The van der Waals surface area contributed by atoms with Crippen LogP contribution in [-0.4, -0.2) is 23.0 Å². The fourth-order valence-corrected chi connectivity index (χ4v) is 3.29. The molecule has 0 fully saturated rings. The first kappa shape index (κ1) is 19.7. The van der Waals surface area contributed by atoms with Gasteiger partial charge in [-0.05, 0) is 42.5 Å². The highest BCUT2D eigenvalue weighted by Gasteiger charge is 2.21. The number of ether oxygens (including phenoxy) is 1. The number of aromatic amines is 1. The molecule has 0 saturated heterocycles. The number of esters is 1. The predicted octanol–water partition coefficient (Wildman–Crippen LogP) is 4.71. The third-order valence-electron chi connectivity index (χ3n) is 4.86. The first-order valence-corrected chi connectivity index (χ1v) is 9.51. The Kier molecular flexibility index (Phi) is 5.83. The summed E-state index contributed by atoms with van der Waals surface area (Å²) in [5.74, 6) is -0.486. The van der Waals surface area contributed by atoms with Crippen LogP contribution in [0.25, 0.3) is 10.9 Å². The molecular formula is C23H26N2O3. The fraction of sp³-hybridized carbons (Fsp3) is 0.304. The molecule has 1 aromatic heterocycles. The van der Waals surface area contributed by atoms with Crippen LogP contribution in [0.3, 0.4) is 0 Å². The van der Waals surface area contributed by atoms with E-state index in [-0.39, 0.29) is 18.2 Å². The summed E-state index contributed by atoms with van der Waals surface area (Å²) < 4.78 is 5.38. The number of aromatic nitrogens is 1. The summed E-state index contributed by atoms with van der Waals surface area (Å²) in [7, 11) is 0. The van der Waals surface area contributed by atoms with E-state index in [4.69, 9.17) is 4.74 Å². The molecule has 0 spiro atoms. The molecule has 5 heteroatoms. The average Bonchev–Trinajstić information content (AvgIpc) is 3.06. The molecule has 146 valence electrons. The summed E-state index contributed by atoms with van der Waals surface area (Å²) in [6.07, 6.45) is 1.04. The Morgan fingerprint density at radius 1 is 1.07 bits per heavy atom. The molecule has 1 atom stereocenters. The van der Waals surface area contributed by atoms with E-state index >= 15 is 0 Å². The Labute approximate surface area is 165 Å². The maximum absolute atomic E-state index is 12.6. The van der Waals surface area contributed by atoms with Gasteiger partial charge in [0, 0.05) is 22.8 Å². The summed E-state index contributed by atoms with van der Waals surface area (Å²) in [6.45, 7) is 7.70. The predicted molar refractivity (Wildman–Crippen MR) is 111 cm³/mol. The molecule has 28 heavy (non-hydrogen) atoms. The number of para-hydroxylation sites is 2. The summed E-state index contributed by atoms with van der Waals surface area (Å²) in [5, 5.41) is 3.92. The minimum absolute atomic E-state index is 0.114. The van der Waals surface area contributed by atoms with E-state index in [2.05, 4.69) is 24.1 Å². The third kappa shape index (κ3) is 4.25. The number of hydrogen-bond acceptors (Lipinski definition) is 3. The zero-order valence-corrected chi connectivity index (χ0v) is 16.7. The van der Waals surface area contributed by atoms with Crippen LogP contribution in [-0.2, 0) is 20.7 Å². The van der Waals surface area contributed by atoms with Crippen LogP contribution in [0.15, 0.2) is 48.7 Å². The molecule has 0 bridgehead atoms. The van der Waals surface area contributed by atoms with Gasteiger partial charge in [0.25, 0.3) is 5.91 Å². The van der Waals surface area contributed by atoms with Crippen LogP contribution in [0.5, 0.6) is 0 Å². The van der Waals surface area contributed by atoms with E-state index in [1.54, 1.807) is 13.1 Å². The second-order valence-corrected chi connectivity index (χ2v) is 7.35. The SMILES string of the molecule is Cc1cccc(C(C)C)c1NC(=O)C(C)OC(=O)Cc1c[nH]c2ccccc12. The van der Waals surface area contributed by atoms with E-state index in [9.17, 15) is 9.59 Å². The number of carbonyl (C=O) groups is 2. The van der Waals surface area contributed by atoms with Crippen LogP contribution in [0.2, 0.25) is 0 Å². The minimum Gasteiger partial charge on any atom is -0.452 e. The van der Waals surface area contributed by atoms with Gasteiger partial charge in [-0.1, -0.05) is 50.2 Å². The van der Waals surface area contributed by atoms with Gasteiger partial charge in [0.2, 0.25) is 0 Å². The van der Waals surface area contributed by atoms with Gasteiger partial charge in [0.05, 0.1) is 6.42 Å². The first-order chi connectivity index (χ1) is 13.4. The topological polar surface area (TPSA) is 71.2 Å². The highest BCUT2D eigenvalue weighted by Crippen LogP contribution is 2.27. The van der Waals surface area contributed by atoms with Crippen molar-refractivity contribution in [2.75, 3.05) is 5.32 Å². The number of hydrogen-bond donors (Lipinski definition) is 2. The van der Waals surface area contributed by atoms with E-state index < -0.39 is 12.1 Å². The van der Waals surface area contributed by atoms with Gasteiger partial charge in [-0.25, -0.2) is 0 Å². The van der Waals surface area contributed by atoms with Crippen molar-refractivity contribution in [1.29, 1.82) is 0 Å². The fourth-order valence-electron chi connectivity index (χ4n) is 3.29. The van der Waals surface area contributed by atoms with E-state index in [0.29, 0.717) is 0 Å². The standard InChI is InChI=1S/C23H26N2O3/c1-14(2)18-10-7-8-15(3)22(18)25-23(27)16(4)28-21(26)12-17-13-24-20-11-6-5-9-19(17)20/h5-11,13-14,16,24H,12H2,1-4H3,(H,25,27). The number of carbonyl (C=O) groups excluding carboxylic acids is 2. The second-order valence-electron chi connectivity index (χ2n) is 7.35. The van der Waals surface area contributed by atoms with Crippen LogP contribution < -0.4 is 5.32 Å². The van der Waals surface area contributed by atoms with Crippen molar-refractivity contribution >= 4 is 28.5 Å². The van der Waals surface area contributed by atoms with Crippen molar-refractivity contribution in [2.24, 2.45) is 0 Å². The van der Waals surface area contributed by atoms with Crippen molar-refractivity contribution in [3.8, 4) is 0 Å². The maximum Gasteiger partial charge on any atom is 0.311 e. The Morgan fingerprint density at radius 2 is 1.82 bits per heavy atom. The number of H-pyrrole nitrogens is 1. The van der Waals surface area contributed by atoms with Crippen LogP contribution in [0, 0.1) is 6.92 Å². The molecule has 3 aromatic rings. The minimum atomic E-state index is -0.877. The second kappa shape index (κ2) is 8.30.